The summed E-state index contributed by atoms with van der Waals surface area (Å²) >= 11 is 0. The van der Waals surface area contributed by atoms with E-state index >= 15 is 0 Å². The molecule has 1 saturated heterocycles. The third-order valence-corrected chi connectivity index (χ3v) is 2.93. The number of anilines is 2. The molecule has 118 valence electrons. The summed E-state index contributed by atoms with van der Waals surface area (Å²) in [7, 11) is 1.77. The minimum absolute atomic E-state index is 0.316. The largest absolute Gasteiger partial charge is 0.461 e. The van der Waals surface area contributed by atoms with Gasteiger partial charge in [-0.3, -0.25) is 0 Å². The third kappa shape index (κ3) is 4.98. The van der Waals surface area contributed by atoms with Gasteiger partial charge in [-0.1, -0.05) is 6.92 Å². The van der Waals surface area contributed by atoms with Crippen LogP contribution >= 0.6 is 0 Å². The lowest BCUT2D eigenvalue weighted by molar-refractivity contribution is 0.0970. The molecule has 1 fully saturated rings. The number of nitrogens with one attached hydrogen (secondary N) is 1. The van der Waals surface area contributed by atoms with Crippen molar-refractivity contribution in [2.45, 2.75) is 13.3 Å². The van der Waals surface area contributed by atoms with E-state index in [1.807, 2.05) is 0 Å². The van der Waals surface area contributed by atoms with Crippen molar-refractivity contribution in [1.82, 2.24) is 15.0 Å². The summed E-state index contributed by atoms with van der Waals surface area (Å²) in [4.78, 5) is 15.0. The maximum Gasteiger partial charge on any atom is 0.323 e. The number of rotatable bonds is 8. The monoisotopic (exact) mass is 297 g/mol. The van der Waals surface area contributed by atoms with Crippen molar-refractivity contribution in [3.8, 4) is 6.01 Å². The van der Waals surface area contributed by atoms with Crippen LogP contribution in [0, 0.1) is 0 Å². The first-order valence-electron chi connectivity index (χ1n) is 7.30. The molecule has 0 bridgehead atoms. The van der Waals surface area contributed by atoms with Crippen LogP contribution in [0.3, 0.4) is 0 Å². The van der Waals surface area contributed by atoms with Gasteiger partial charge in [0.25, 0.3) is 0 Å². The second-order valence-electron chi connectivity index (χ2n) is 4.55. The molecule has 2 rings (SSSR count). The highest BCUT2D eigenvalue weighted by molar-refractivity contribution is 5.38. The van der Waals surface area contributed by atoms with E-state index in [9.17, 15) is 0 Å². The van der Waals surface area contributed by atoms with Gasteiger partial charge in [0.1, 0.15) is 6.61 Å². The molecule has 1 aliphatic heterocycles. The molecular formula is C13H23N5O3. The molecule has 1 aliphatic rings. The molecule has 1 aromatic heterocycles. The fraction of sp³-hybridized carbons (Fsp3) is 0.769. The van der Waals surface area contributed by atoms with E-state index in [-0.39, 0.29) is 0 Å². The Morgan fingerprint density at radius 2 is 1.95 bits per heavy atom. The zero-order chi connectivity index (χ0) is 14.9. The Bertz CT molecular complexity index is 426. The molecule has 0 aliphatic carbocycles. The van der Waals surface area contributed by atoms with E-state index in [1.165, 1.54) is 0 Å². The molecule has 21 heavy (non-hydrogen) atoms. The van der Waals surface area contributed by atoms with Crippen LogP contribution in [-0.2, 0) is 9.47 Å². The van der Waals surface area contributed by atoms with Gasteiger partial charge in [0, 0.05) is 26.7 Å². The highest BCUT2D eigenvalue weighted by Gasteiger charge is 2.16. The topological polar surface area (TPSA) is 81.6 Å². The zero-order valence-electron chi connectivity index (χ0n) is 12.7. The summed E-state index contributed by atoms with van der Waals surface area (Å²) in [5.74, 6) is 1.11. The molecule has 0 unspecified atom stereocenters. The van der Waals surface area contributed by atoms with Gasteiger partial charge in [0.2, 0.25) is 11.9 Å². The average molecular weight is 297 g/mol. The van der Waals surface area contributed by atoms with Crippen LogP contribution in [-0.4, -0.2) is 68.1 Å². The Balaban J connectivity index is 1.96. The van der Waals surface area contributed by atoms with Gasteiger partial charge in [-0.25, -0.2) is 0 Å². The highest BCUT2D eigenvalue weighted by Crippen LogP contribution is 2.15. The smallest absolute Gasteiger partial charge is 0.323 e. The van der Waals surface area contributed by atoms with Crippen LogP contribution in [0.4, 0.5) is 11.9 Å². The van der Waals surface area contributed by atoms with Crippen molar-refractivity contribution < 1.29 is 14.2 Å². The molecule has 2 heterocycles. The predicted octanol–water partition coefficient (Wildman–Crippen LogP) is 0.555. The van der Waals surface area contributed by atoms with Gasteiger partial charge in [0.15, 0.2) is 0 Å². The Hall–Kier alpha value is -1.67. The number of morpholine rings is 1. The molecule has 0 aromatic carbocycles. The Morgan fingerprint density at radius 1 is 1.14 bits per heavy atom. The second-order valence-corrected chi connectivity index (χ2v) is 4.55. The number of hydrogen-bond donors (Lipinski definition) is 1. The van der Waals surface area contributed by atoms with E-state index in [0.717, 1.165) is 26.1 Å². The maximum atomic E-state index is 5.54. The summed E-state index contributed by atoms with van der Waals surface area (Å²) in [5.41, 5.74) is 0. The van der Waals surface area contributed by atoms with Crippen LogP contribution in [0.2, 0.25) is 0 Å². The van der Waals surface area contributed by atoms with Crippen LogP contribution in [0.1, 0.15) is 13.3 Å². The quantitative estimate of drug-likeness (QED) is 0.697. The van der Waals surface area contributed by atoms with Gasteiger partial charge in [-0.2, -0.15) is 15.0 Å². The zero-order valence-corrected chi connectivity index (χ0v) is 12.7. The van der Waals surface area contributed by atoms with Crippen molar-refractivity contribution in [2.75, 3.05) is 63.4 Å². The summed E-state index contributed by atoms with van der Waals surface area (Å²) in [6.45, 7) is 6.67. The van der Waals surface area contributed by atoms with E-state index in [1.54, 1.807) is 7.05 Å². The molecule has 0 radical (unpaired) electrons. The maximum absolute atomic E-state index is 5.54. The van der Waals surface area contributed by atoms with Crippen LogP contribution < -0.4 is 15.0 Å². The Kier molecular flexibility index (Phi) is 6.42. The standard InChI is InChI=1S/C13H23N5O3/c1-3-6-19-9-10-21-13-16-11(14-2)15-12(17-13)18-4-7-20-8-5-18/h3-10H2,1-2H3,(H,14,15,16,17). The summed E-state index contributed by atoms with van der Waals surface area (Å²) in [6, 6.07) is 0.316. The number of ether oxygens (including phenoxy) is 3. The van der Waals surface area contributed by atoms with E-state index < -0.39 is 0 Å². The van der Waals surface area contributed by atoms with Gasteiger partial charge >= 0.3 is 6.01 Å². The molecule has 0 atom stereocenters. The van der Waals surface area contributed by atoms with Crippen LogP contribution in [0.15, 0.2) is 0 Å². The molecule has 0 spiro atoms. The lowest BCUT2D eigenvalue weighted by Crippen LogP contribution is -2.37. The van der Waals surface area contributed by atoms with Crippen molar-refractivity contribution in [3.05, 3.63) is 0 Å². The van der Waals surface area contributed by atoms with Gasteiger partial charge in [-0.15, -0.1) is 0 Å². The SMILES string of the molecule is CCCOCCOc1nc(NC)nc(N2CCOCC2)n1. The molecule has 0 saturated carbocycles. The normalized spacial score (nSPS) is 15.0. The molecule has 8 heteroatoms. The molecule has 0 amide bonds. The van der Waals surface area contributed by atoms with Crippen LogP contribution in [0.25, 0.3) is 0 Å². The molecule has 1 N–H and O–H groups in total. The molecular weight excluding hydrogens is 274 g/mol. The average Bonchev–Trinajstić information content (AvgIpc) is 2.55. The number of hydrogen-bond acceptors (Lipinski definition) is 8. The van der Waals surface area contributed by atoms with E-state index in [4.69, 9.17) is 14.2 Å². The second kappa shape index (κ2) is 8.58. The van der Waals surface area contributed by atoms with Gasteiger partial charge < -0.3 is 24.4 Å². The fourth-order valence-corrected chi connectivity index (χ4v) is 1.87. The minimum atomic E-state index is 0.316. The Labute approximate surface area is 124 Å². The first kappa shape index (κ1) is 15.7. The van der Waals surface area contributed by atoms with Gasteiger partial charge in [-0.05, 0) is 6.42 Å². The molecule has 1 aromatic rings. The van der Waals surface area contributed by atoms with E-state index in [2.05, 4.69) is 32.1 Å². The lowest BCUT2D eigenvalue weighted by atomic mass is 10.4. The molecule has 8 nitrogen and oxygen atoms in total. The predicted molar refractivity (Wildman–Crippen MR) is 79.0 cm³/mol. The lowest BCUT2D eigenvalue weighted by Gasteiger charge is -2.26. The Morgan fingerprint density at radius 3 is 2.67 bits per heavy atom. The van der Waals surface area contributed by atoms with Crippen LogP contribution in [0.5, 0.6) is 6.01 Å². The van der Waals surface area contributed by atoms with E-state index in [0.29, 0.717) is 44.3 Å². The third-order valence-electron chi connectivity index (χ3n) is 2.93. The number of aromatic nitrogens is 3. The summed E-state index contributed by atoms with van der Waals surface area (Å²) in [6.07, 6.45) is 0.997. The van der Waals surface area contributed by atoms with Crippen molar-refractivity contribution in [1.29, 1.82) is 0 Å². The minimum Gasteiger partial charge on any atom is -0.461 e. The van der Waals surface area contributed by atoms with Gasteiger partial charge in [0.05, 0.1) is 19.8 Å². The summed E-state index contributed by atoms with van der Waals surface area (Å²) < 4.78 is 16.2. The summed E-state index contributed by atoms with van der Waals surface area (Å²) in [5, 5.41) is 2.93. The van der Waals surface area contributed by atoms with Crippen molar-refractivity contribution >= 4 is 11.9 Å². The first-order valence-corrected chi connectivity index (χ1v) is 7.30. The number of nitrogens with zero attached hydrogens (tertiary/aromatic N) is 4. The highest BCUT2D eigenvalue weighted by atomic mass is 16.5. The first-order chi connectivity index (χ1) is 10.3. The fourth-order valence-electron chi connectivity index (χ4n) is 1.87. The van der Waals surface area contributed by atoms with Crippen molar-refractivity contribution in [3.63, 3.8) is 0 Å². The van der Waals surface area contributed by atoms with Crippen molar-refractivity contribution in [2.24, 2.45) is 0 Å².